The molecule has 1 N–H and O–H groups in total. The number of rotatable bonds is 5. The molecule has 126 valence electrons. The van der Waals surface area contributed by atoms with Gasteiger partial charge in [0.1, 0.15) is 10.8 Å². The molecule has 0 saturated heterocycles. The van der Waals surface area contributed by atoms with Crippen LogP contribution in [0.5, 0.6) is 5.75 Å². The molecule has 2 heterocycles. The summed E-state index contributed by atoms with van der Waals surface area (Å²) in [6.07, 6.45) is 3.79. The third-order valence-electron chi connectivity index (χ3n) is 4.83. The number of fused-ring (bicyclic) bond motifs is 1. The average molecular weight is 342 g/mol. The van der Waals surface area contributed by atoms with Crippen LogP contribution in [-0.4, -0.2) is 17.5 Å². The molecule has 1 aromatic carbocycles. The van der Waals surface area contributed by atoms with Gasteiger partial charge >= 0.3 is 0 Å². The van der Waals surface area contributed by atoms with Gasteiger partial charge in [0.15, 0.2) is 0 Å². The van der Waals surface area contributed by atoms with Crippen LogP contribution in [0.1, 0.15) is 53.9 Å². The van der Waals surface area contributed by atoms with E-state index >= 15 is 0 Å². The number of carbonyl (C=O) groups is 1. The number of thiazole rings is 1. The maximum atomic E-state index is 12.7. The van der Waals surface area contributed by atoms with Crippen molar-refractivity contribution >= 4 is 17.2 Å². The molecule has 0 spiro atoms. The molecule has 0 radical (unpaired) electrons. The van der Waals surface area contributed by atoms with Crippen LogP contribution >= 0.6 is 11.3 Å². The van der Waals surface area contributed by atoms with Crippen LogP contribution in [0.25, 0.3) is 0 Å². The Hall–Kier alpha value is -1.88. The van der Waals surface area contributed by atoms with Gasteiger partial charge in [0.2, 0.25) is 5.91 Å². The van der Waals surface area contributed by atoms with Crippen molar-refractivity contribution in [3.63, 3.8) is 0 Å². The number of aromatic nitrogens is 1. The Kier molecular flexibility index (Phi) is 4.27. The van der Waals surface area contributed by atoms with Gasteiger partial charge in [0.25, 0.3) is 0 Å². The molecule has 1 aliphatic carbocycles. The van der Waals surface area contributed by atoms with E-state index in [4.69, 9.17) is 4.74 Å². The first-order valence-corrected chi connectivity index (χ1v) is 9.52. The lowest BCUT2D eigenvalue weighted by molar-refractivity contribution is -0.122. The fourth-order valence-electron chi connectivity index (χ4n) is 3.41. The van der Waals surface area contributed by atoms with Gasteiger partial charge in [-0.3, -0.25) is 4.79 Å². The zero-order valence-corrected chi connectivity index (χ0v) is 14.6. The Morgan fingerprint density at radius 1 is 1.38 bits per heavy atom. The molecule has 4 nitrogen and oxygen atoms in total. The van der Waals surface area contributed by atoms with Gasteiger partial charge in [-0.05, 0) is 49.7 Å². The van der Waals surface area contributed by atoms with E-state index in [1.165, 1.54) is 12.8 Å². The minimum atomic E-state index is 0.0892. The molecule has 4 rings (SSSR count). The molecular weight excluding hydrogens is 320 g/mol. The quantitative estimate of drug-likeness (QED) is 0.894. The fraction of sp³-hybridized carbons (Fsp3) is 0.474. The molecule has 5 heteroatoms. The molecule has 2 aromatic rings. The zero-order valence-electron chi connectivity index (χ0n) is 13.8. The number of carbonyl (C=O) groups excluding carboxylic acids is 1. The zero-order chi connectivity index (χ0) is 16.5. The van der Waals surface area contributed by atoms with Crippen molar-refractivity contribution in [2.75, 3.05) is 6.61 Å². The summed E-state index contributed by atoms with van der Waals surface area (Å²) in [5.74, 6) is 1.85. The Morgan fingerprint density at radius 3 is 2.96 bits per heavy atom. The summed E-state index contributed by atoms with van der Waals surface area (Å²) < 4.78 is 5.70. The number of aryl methyl sites for hydroxylation is 1. The monoisotopic (exact) mass is 342 g/mol. The van der Waals surface area contributed by atoms with E-state index in [1.54, 1.807) is 11.3 Å². The number of para-hydroxylation sites is 1. The standard InChI is InChI=1S/C19H22N2O2S/c1-12-11-24-19(20-12)18(13-6-7-13)21-17(22)10-14-8-9-23-16-5-3-2-4-15(14)16/h2-5,11,13-14,18H,6-10H2,1H3,(H,21,22)/t14-,18+/m1/s1. The summed E-state index contributed by atoms with van der Waals surface area (Å²) in [6, 6.07) is 8.16. The van der Waals surface area contributed by atoms with E-state index in [-0.39, 0.29) is 17.9 Å². The van der Waals surface area contributed by atoms with Crippen LogP contribution in [0, 0.1) is 12.8 Å². The molecule has 2 aliphatic rings. The van der Waals surface area contributed by atoms with E-state index < -0.39 is 0 Å². The summed E-state index contributed by atoms with van der Waals surface area (Å²) in [5, 5.41) is 6.37. The molecule has 1 aromatic heterocycles. The minimum Gasteiger partial charge on any atom is -0.493 e. The van der Waals surface area contributed by atoms with Crippen molar-refractivity contribution in [3.05, 3.63) is 45.9 Å². The van der Waals surface area contributed by atoms with Crippen LogP contribution in [0.3, 0.4) is 0 Å². The van der Waals surface area contributed by atoms with E-state index in [1.807, 2.05) is 25.1 Å². The smallest absolute Gasteiger partial charge is 0.221 e. The molecule has 1 saturated carbocycles. The highest BCUT2D eigenvalue weighted by Gasteiger charge is 2.35. The van der Waals surface area contributed by atoms with Gasteiger partial charge < -0.3 is 10.1 Å². The van der Waals surface area contributed by atoms with Crippen LogP contribution in [0.2, 0.25) is 0 Å². The van der Waals surface area contributed by atoms with Gasteiger partial charge in [0, 0.05) is 17.5 Å². The van der Waals surface area contributed by atoms with Crippen molar-refractivity contribution in [1.82, 2.24) is 10.3 Å². The highest BCUT2D eigenvalue weighted by Crippen LogP contribution is 2.42. The molecule has 0 unspecified atom stereocenters. The Labute approximate surface area is 146 Å². The van der Waals surface area contributed by atoms with Crippen LogP contribution in [0.4, 0.5) is 0 Å². The van der Waals surface area contributed by atoms with Crippen LogP contribution < -0.4 is 10.1 Å². The van der Waals surface area contributed by atoms with E-state index in [9.17, 15) is 4.79 Å². The molecule has 24 heavy (non-hydrogen) atoms. The second-order valence-corrected chi connectivity index (χ2v) is 7.68. The van der Waals surface area contributed by atoms with Gasteiger partial charge in [-0.2, -0.15) is 0 Å². The maximum Gasteiger partial charge on any atom is 0.221 e. The first-order valence-electron chi connectivity index (χ1n) is 8.64. The number of ether oxygens (including phenoxy) is 1. The predicted octanol–water partition coefficient (Wildman–Crippen LogP) is 3.98. The normalized spacial score (nSPS) is 20.8. The second-order valence-electron chi connectivity index (χ2n) is 6.79. The van der Waals surface area contributed by atoms with E-state index in [0.717, 1.165) is 28.4 Å². The molecular formula is C19H22N2O2S. The first-order chi connectivity index (χ1) is 11.7. The Bertz CT molecular complexity index is 738. The van der Waals surface area contributed by atoms with Gasteiger partial charge in [-0.1, -0.05) is 18.2 Å². The lowest BCUT2D eigenvalue weighted by atomic mass is 9.90. The van der Waals surface area contributed by atoms with Crippen molar-refractivity contribution in [2.45, 2.75) is 44.6 Å². The second kappa shape index (κ2) is 6.55. The average Bonchev–Trinajstić information content (AvgIpc) is 3.34. The first kappa shape index (κ1) is 15.6. The number of amides is 1. The molecule has 1 fully saturated rings. The van der Waals surface area contributed by atoms with Crippen molar-refractivity contribution in [2.24, 2.45) is 5.92 Å². The molecule has 0 bridgehead atoms. The summed E-state index contributed by atoms with van der Waals surface area (Å²) in [5.41, 5.74) is 2.19. The SMILES string of the molecule is Cc1csc([C@@H](NC(=O)C[C@H]2CCOc3ccccc32)C2CC2)n1. The van der Waals surface area contributed by atoms with Crippen LogP contribution in [-0.2, 0) is 4.79 Å². The number of nitrogens with zero attached hydrogens (tertiary/aromatic N) is 1. The van der Waals surface area contributed by atoms with Crippen LogP contribution in [0.15, 0.2) is 29.6 Å². The lowest BCUT2D eigenvalue weighted by Gasteiger charge is -2.26. The van der Waals surface area contributed by atoms with Crippen molar-refractivity contribution in [1.29, 1.82) is 0 Å². The number of hydrogen-bond acceptors (Lipinski definition) is 4. The molecule has 2 atom stereocenters. The molecule has 1 amide bonds. The summed E-state index contributed by atoms with van der Waals surface area (Å²) in [4.78, 5) is 17.3. The number of hydrogen-bond donors (Lipinski definition) is 1. The highest BCUT2D eigenvalue weighted by atomic mass is 32.1. The van der Waals surface area contributed by atoms with Gasteiger partial charge in [0.05, 0.1) is 12.6 Å². The van der Waals surface area contributed by atoms with Gasteiger partial charge in [-0.25, -0.2) is 4.98 Å². The summed E-state index contributed by atoms with van der Waals surface area (Å²) >= 11 is 1.66. The topological polar surface area (TPSA) is 51.2 Å². The minimum absolute atomic E-state index is 0.0892. The van der Waals surface area contributed by atoms with Crippen molar-refractivity contribution in [3.8, 4) is 5.75 Å². The molecule has 1 aliphatic heterocycles. The summed E-state index contributed by atoms with van der Waals surface area (Å²) in [6.45, 7) is 2.69. The third kappa shape index (κ3) is 3.31. The van der Waals surface area contributed by atoms with Gasteiger partial charge in [-0.15, -0.1) is 11.3 Å². The number of nitrogens with one attached hydrogen (secondary N) is 1. The highest BCUT2D eigenvalue weighted by molar-refractivity contribution is 7.09. The number of benzene rings is 1. The Balaban J connectivity index is 1.45. The predicted molar refractivity (Wildman–Crippen MR) is 94.4 cm³/mol. The maximum absolute atomic E-state index is 12.7. The van der Waals surface area contributed by atoms with E-state index in [0.29, 0.717) is 18.9 Å². The lowest BCUT2D eigenvalue weighted by Crippen LogP contribution is -2.31. The largest absolute Gasteiger partial charge is 0.493 e. The fourth-order valence-corrected chi connectivity index (χ4v) is 4.35. The van der Waals surface area contributed by atoms with E-state index in [2.05, 4.69) is 21.7 Å². The third-order valence-corrected chi connectivity index (χ3v) is 5.87. The van der Waals surface area contributed by atoms with Crippen molar-refractivity contribution < 1.29 is 9.53 Å². The summed E-state index contributed by atoms with van der Waals surface area (Å²) in [7, 11) is 0. The Morgan fingerprint density at radius 2 is 2.21 bits per heavy atom.